The number of nitrogens with one attached hydrogen (secondary N) is 1. The van der Waals surface area contributed by atoms with Gasteiger partial charge in [0.2, 0.25) is 0 Å². The molecule has 0 fully saturated rings. The second kappa shape index (κ2) is 6.12. The van der Waals surface area contributed by atoms with Gasteiger partial charge in [-0.25, -0.2) is 0 Å². The van der Waals surface area contributed by atoms with Crippen LogP contribution in [0.25, 0.3) is 0 Å². The smallest absolute Gasteiger partial charge is 0.401 e. The molecule has 0 aliphatic rings. The number of alkyl halides is 3. The highest BCUT2D eigenvalue weighted by Crippen LogP contribution is 2.36. The van der Waals surface area contributed by atoms with E-state index in [1.165, 1.54) is 19.2 Å². The molecule has 0 saturated carbocycles. The van der Waals surface area contributed by atoms with E-state index in [0.29, 0.717) is 0 Å². The summed E-state index contributed by atoms with van der Waals surface area (Å²) in [4.78, 5) is 0. The Bertz CT molecular complexity index is 500. The number of ether oxygens (including phenoxy) is 1. The molecule has 4 nitrogen and oxygen atoms in total. The number of benzene rings is 1. The molecule has 0 aliphatic heterocycles. The lowest BCUT2D eigenvalue weighted by Crippen LogP contribution is -2.31. The molecule has 19 heavy (non-hydrogen) atoms. The first kappa shape index (κ1) is 15.6. The first-order chi connectivity index (χ1) is 8.78. The third-order valence-corrected chi connectivity index (χ3v) is 2.84. The predicted octanol–water partition coefficient (Wildman–Crippen LogP) is 2.88. The Morgan fingerprint density at radius 3 is 2.63 bits per heavy atom. The maximum absolute atomic E-state index is 12.1. The molecule has 0 radical (unpaired) electrons. The maximum atomic E-state index is 12.1. The molecule has 104 valence electrons. The van der Waals surface area contributed by atoms with E-state index in [9.17, 15) is 18.3 Å². The van der Waals surface area contributed by atoms with Gasteiger partial charge in [0.1, 0.15) is 6.04 Å². The van der Waals surface area contributed by atoms with Gasteiger partial charge in [0, 0.05) is 0 Å². The SMILES string of the molecule is COc1cc(C(C#N)NCC(F)(F)F)cc(Br)c1O. The first-order valence-electron chi connectivity index (χ1n) is 5.04. The van der Waals surface area contributed by atoms with E-state index in [0.717, 1.165) is 0 Å². The van der Waals surface area contributed by atoms with Gasteiger partial charge in [-0.05, 0) is 33.6 Å². The van der Waals surface area contributed by atoms with Crippen molar-refractivity contribution >= 4 is 15.9 Å². The van der Waals surface area contributed by atoms with Crippen LogP contribution in [0.5, 0.6) is 11.5 Å². The molecule has 0 aliphatic carbocycles. The molecule has 0 aromatic heterocycles. The van der Waals surface area contributed by atoms with Crippen molar-refractivity contribution in [1.82, 2.24) is 5.32 Å². The van der Waals surface area contributed by atoms with E-state index in [-0.39, 0.29) is 21.5 Å². The van der Waals surface area contributed by atoms with Crippen LogP contribution in [0.1, 0.15) is 11.6 Å². The Hall–Kier alpha value is -1.46. The van der Waals surface area contributed by atoms with Crippen LogP contribution in [-0.2, 0) is 0 Å². The van der Waals surface area contributed by atoms with Gasteiger partial charge in [-0.3, -0.25) is 5.32 Å². The van der Waals surface area contributed by atoms with E-state index in [1.807, 2.05) is 0 Å². The Balaban J connectivity index is 3.00. The molecule has 0 heterocycles. The van der Waals surface area contributed by atoms with Gasteiger partial charge in [-0.2, -0.15) is 18.4 Å². The summed E-state index contributed by atoms with van der Waals surface area (Å²) in [5, 5.41) is 20.6. The van der Waals surface area contributed by atoms with Crippen LogP contribution in [0.2, 0.25) is 0 Å². The zero-order chi connectivity index (χ0) is 14.6. The molecule has 0 saturated heterocycles. The largest absolute Gasteiger partial charge is 0.503 e. The van der Waals surface area contributed by atoms with Gasteiger partial charge < -0.3 is 9.84 Å². The van der Waals surface area contributed by atoms with E-state index in [1.54, 1.807) is 6.07 Å². The maximum Gasteiger partial charge on any atom is 0.401 e. The lowest BCUT2D eigenvalue weighted by molar-refractivity contribution is -0.125. The molecular weight excluding hydrogens is 329 g/mol. The normalized spacial score (nSPS) is 12.8. The zero-order valence-corrected chi connectivity index (χ0v) is 11.3. The van der Waals surface area contributed by atoms with E-state index >= 15 is 0 Å². The number of nitriles is 1. The van der Waals surface area contributed by atoms with Crippen molar-refractivity contribution in [2.24, 2.45) is 0 Å². The van der Waals surface area contributed by atoms with Crippen molar-refractivity contribution in [3.63, 3.8) is 0 Å². The van der Waals surface area contributed by atoms with Gasteiger partial charge in [0.15, 0.2) is 11.5 Å². The third kappa shape index (κ3) is 4.29. The second-order valence-corrected chi connectivity index (χ2v) is 4.47. The molecular formula is C11H10BrF3N2O2. The van der Waals surface area contributed by atoms with Crippen LogP contribution < -0.4 is 10.1 Å². The van der Waals surface area contributed by atoms with Gasteiger partial charge in [-0.1, -0.05) is 0 Å². The van der Waals surface area contributed by atoms with Crippen molar-refractivity contribution in [1.29, 1.82) is 5.26 Å². The van der Waals surface area contributed by atoms with Crippen molar-refractivity contribution in [3.05, 3.63) is 22.2 Å². The van der Waals surface area contributed by atoms with Crippen LogP contribution in [-0.4, -0.2) is 24.9 Å². The lowest BCUT2D eigenvalue weighted by atomic mass is 10.1. The molecule has 1 atom stereocenters. The Labute approximate surface area is 115 Å². The second-order valence-electron chi connectivity index (χ2n) is 3.61. The van der Waals surface area contributed by atoms with Gasteiger partial charge in [0.25, 0.3) is 0 Å². The standard InChI is InChI=1S/C11H10BrF3N2O2/c1-19-9-3-6(2-7(12)10(9)18)8(4-16)17-5-11(13,14)15/h2-3,8,17-18H,5H2,1H3. The van der Waals surface area contributed by atoms with Crippen molar-refractivity contribution in [2.75, 3.05) is 13.7 Å². The summed E-state index contributed by atoms with van der Waals surface area (Å²) in [6.07, 6.45) is -4.41. The Morgan fingerprint density at radius 1 is 1.53 bits per heavy atom. The van der Waals surface area contributed by atoms with Gasteiger partial charge in [-0.15, -0.1) is 0 Å². The van der Waals surface area contributed by atoms with Crippen LogP contribution in [0.4, 0.5) is 13.2 Å². The molecule has 2 N–H and O–H groups in total. The third-order valence-electron chi connectivity index (χ3n) is 2.24. The number of nitrogens with zero attached hydrogens (tertiary/aromatic N) is 1. The molecule has 1 unspecified atom stereocenters. The van der Waals surface area contributed by atoms with Crippen LogP contribution >= 0.6 is 15.9 Å². The molecule has 0 spiro atoms. The average Bonchev–Trinajstić information content (AvgIpc) is 2.32. The Kier molecular flexibility index (Phi) is 5.03. The highest BCUT2D eigenvalue weighted by Gasteiger charge is 2.28. The summed E-state index contributed by atoms with van der Waals surface area (Å²) < 4.78 is 41.4. The number of methoxy groups -OCH3 is 1. The molecule has 8 heteroatoms. The number of hydrogen-bond donors (Lipinski definition) is 2. The molecule has 1 rings (SSSR count). The number of hydrogen-bond acceptors (Lipinski definition) is 4. The predicted molar refractivity (Wildman–Crippen MR) is 64.8 cm³/mol. The fraction of sp³-hybridized carbons (Fsp3) is 0.364. The minimum Gasteiger partial charge on any atom is -0.503 e. The number of aromatic hydroxyl groups is 1. The molecule has 1 aromatic rings. The Morgan fingerprint density at radius 2 is 2.16 bits per heavy atom. The molecule has 1 aromatic carbocycles. The fourth-order valence-corrected chi connectivity index (χ4v) is 1.83. The molecule has 0 bridgehead atoms. The summed E-state index contributed by atoms with van der Waals surface area (Å²) in [5.74, 6) is -0.114. The van der Waals surface area contributed by atoms with Crippen molar-refractivity contribution < 1.29 is 23.0 Å². The summed E-state index contributed by atoms with van der Waals surface area (Å²) in [7, 11) is 1.30. The lowest BCUT2D eigenvalue weighted by Gasteiger charge is -2.15. The van der Waals surface area contributed by atoms with E-state index < -0.39 is 18.8 Å². The minimum atomic E-state index is -4.41. The molecule has 0 amide bonds. The minimum absolute atomic E-state index is 0.0680. The van der Waals surface area contributed by atoms with Crippen LogP contribution in [0.15, 0.2) is 16.6 Å². The first-order valence-corrected chi connectivity index (χ1v) is 5.84. The number of phenols is 1. The van der Waals surface area contributed by atoms with Crippen molar-refractivity contribution in [3.8, 4) is 17.6 Å². The average molecular weight is 339 g/mol. The summed E-state index contributed by atoms with van der Waals surface area (Å²) in [6, 6.07) is 3.22. The van der Waals surface area contributed by atoms with E-state index in [4.69, 9.17) is 10.00 Å². The monoisotopic (exact) mass is 338 g/mol. The zero-order valence-electron chi connectivity index (χ0n) is 9.75. The van der Waals surface area contributed by atoms with Crippen LogP contribution in [0, 0.1) is 11.3 Å². The number of phenolic OH excluding ortho intramolecular Hbond substituents is 1. The van der Waals surface area contributed by atoms with Crippen molar-refractivity contribution in [2.45, 2.75) is 12.2 Å². The summed E-state index contributed by atoms with van der Waals surface area (Å²) in [6.45, 7) is -1.29. The quantitative estimate of drug-likeness (QED) is 0.885. The highest BCUT2D eigenvalue weighted by atomic mass is 79.9. The fourth-order valence-electron chi connectivity index (χ4n) is 1.37. The number of rotatable bonds is 4. The highest BCUT2D eigenvalue weighted by molar-refractivity contribution is 9.10. The van der Waals surface area contributed by atoms with Gasteiger partial charge in [0.05, 0.1) is 24.2 Å². The summed E-state index contributed by atoms with van der Waals surface area (Å²) >= 11 is 3.04. The van der Waals surface area contributed by atoms with E-state index in [2.05, 4.69) is 21.2 Å². The van der Waals surface area contributed by atoms with Crippen LogP contribution in [0.3, 0.4) is 0 Å². The summed E-state index contributed by atoms with van der Waals surface area (Å²) in [5.41, 5.74) is 0.258. The topological polar surface area (TPSA) is 65.3 Å². The number of halogens is 4. The van der Waals surface area contributed by atoms with Gasteiger partial charge >= 0.3 is 6.18 Å².